The van der Waals surface area contributed by atoms with E-state index < -0.39 is 9.84 Å². The van der Waals surface area contributed by atoms with Gasteiger partial charge < -0.3 is 4.90 Å². The number of aromatic nitrogens is 2. The molecule has 1 heterocycles. The Balaban J connectivity index is 1.60. The second-order valence-electron chi connectivity index (χ2n) is 5.72. The van der Waals surface area contributed by atoms with Crippen LogP contribution in [0.15, 0.2) is 53.4 Å². The number of amides is 1. The summed E-state index contributed by atoms with van der Waals surface area (Å²) in [5.41, 5.74) is 2.56. The molecule has 0 aliphatic carbocycles. The van der Waals surface area contributed by atoms with Gasteiger partial charge in [0.2, 0.25) is 5.91 Å². The third-order valence-corrected chi connectivity index (χ3v) is 6.14. The number of nitrogens with zero attached hydrogens (tertiary/aromatic N) is 3. The molecule has 0 radical (unpaired) electrons. The number of hydrogen-bond donors (Lipinski definition) is 0. The van der Waals surface area contributed by atoms with Gasteiger partial charge in [0.05, 0.1) is 22.4 Å². The Labute approximate surface area is 150 Å². The van der Waals surface area contributed by atoms with Crippen LogP contribution in [-0.4, -0.2) is 40.8 Å². The van der Waals surface area contributed by atoms with Crippen molar-refractivity contribution in [1.82, 2.24) is 13.6 Å². The predicted molar refractivity (Wildman–Crippen MR) is 97.0 cm³/mol. The fourth-order valence-corrected chi connectivity index (χ4v) is 4.21. The molecule has 0 saturated carbocycles. The first-order valence-corrected chi connectivity index (χ1v) is 10.1. The highest BCUT2D eigenvalue weighted by Crippen LogP contribution is 2.16. The second-order valence-corrected chi connectivity index (χ2v) is 8.36. The summed E-state index contributed by atoms with van der Waals surface area (Å²) in [6.45, 7) is 0.400. The van der Waals surface area contributed by atoms with Crippen LogP contribution in [0.2, 0.25) is 0 Å². The van der Waals surface area contributed by atoms with Crippen molar-refractivity contribution in [3.63, 3.8) is 0 Å². The number of rotatable bonds is 6. The number of carbonyl (C=O) groups is 1. The molecule has 0 unspecified atom stereocenters. The van der Waals surface area contributed by atoms with Gasteiger partial charge in [-0.25, -0.2) is 8.42 Å². The van der Waals surface area contributed by atoms with E-state index in [9.17, 15) is 13.2 Å². The summed E-state index contributed by atoms with van der Waals surface area (Å²) in [6, 6.07) is 13.8. The molecule has 0 atom stereocenters. The molecule has 0 fully saturated rings. The van der Waals surface area contributed by atoms with Crippen molar-refractivity contribution in [2.75, 3.05) is 12.8 Å². The highest BCUT2D eigenvalue weighted by atomic mass is 32.2. The third kappa shape index (κ3) is 4.21. The summed E-state index contributed by atoms with van der Waals surface area (Å²) < 4.78 is 32.8. The van der Waals surface area contributed by atoms with Gasteiger partial charge in [0, 0.05) is 20.0 Å². The van der Waals surface area contributed by atoms with Crippen LogP contribution in [-0.2, 0) is 21.2 Å². The molecule has 3 aromatic rings. The maximum Gasteiger partial charge on any atom is 0.223 e. The monoisotopic (exact) mass is 375 g/mol. The SMILES string of the molecule is CN(Cc1ccc2nsnc2c1)C(=O)CCS(=O)(=O)c1ccccc1. The quantitative estimate of drug-likeness (QED) is 0.661. The van der Waals surface area contributed by atoms with Crippen LogP contribution in [0, 0.1) is 0 Å². The lowest BCUT2D eigenvalue weighted by molar-refractivity contribution is -0.130. The molecule has 0 aliphatic rings. The van der Waals surface area contributed by atoms with Gasteiger partial charge in [-0.05, 0) is 29.8 Å². The van der Waals surface area contributed by atoms with Crippen LogP contribution in [0.1, 0.15) is 12.0 Å². The third-order valence-electron chi connectivity index (χ3n) is 3.85. The zero-order valence-electron chi connectivity index (χ0n) is 13.6. The molecular weight excluding hydrogens is 358 g/mol. The van der Waals surface area contributed by atoms with Crippen molar-refractivity contribution in [2.45, 2.75) is 17.9 Å². The average molecular weight is 375 g/mol. The molecule has 6 nitrogen and oxygen atoms in total. The lowest BCUT2D eigenvalue weighted by Gasteiger charge is -2.17. The maximum atomic E-state index is 12.3. The van der Waals surface area contributed by atoms with E-state index in [0.29, 0.717) is 6.54 Å². The zero-order valence-corrected chi connectivity index (χ0v) is 15.3. The van der Waals surface area contributed by atoms with Gasteiger partial charge in [0.15, 0.2) is 9.84 Å². The molecule has 0 bridgehead atoms. The number of fused-ring (bicyclic) bond motifs is 1. The fraction of sp³-hybridized carbons (Fsp3) is 0.235. The first-order chi connectivity index (χ1) is 12.0. The van der Waals surface area contributed by atoms with E-state index >= 15 is 0 Å². The first-order valence-electron chi connectivity index (χ1n) is 7.69. The lowest BCUT2D eigenvalue weighted by Crippen LogP contribution is -2.28. The van der Waals surface area contributed by atoms with Gasteiger partial charge in [-0.1, -0.05) is 24.3 Å². The topological polar surface area (TPSA) is 80.2 Å². The van der Waals surface area contributed by atoms with Gasteiger partial charge in [-0.2, -0.15) is 8.75 Å². The normalized spacial score (nSPS) is 11.6. The average Bonchev–Trinajstić information content (AvgIpc) is 3.08. The molecule has 8 heteroatoms. The Morgan fingerprint density at radius 1 is 1.08 bits per heavy atom. The summed E-state index contributed by atoms with van der Waals surface area (Å²) in [6.07, 6.45) is -0.0474. The van der Waals surface area contributed by atoms with Crippen LogP contribution in [0.5, 0.6) is 0 Å². The van der Waals surface area contributed by atoms with Gasteiger partial charge >= 0.3 is 0 Å². The summed E-state index contributed by atoms with van der Waals surface area (Å²) >= 11 is 1.15. The van der Waals surface area contributed by atoms with E-state index in [-0.39, 0.29) is 23.0 Å². The molecule has 0 N–H and O–H groups in total. The van der Waals surface area contributed by atoms with E-state index in [1.807, 2.05) is 18.2 Å². The molecule has 1 amide bonds. The summed E-state index contributed by atoms with van der Waals surface area (Å²) in [5, 5.41) is 0. The zero-order chi connectivity index (χ0) is 17.9. The molecule has 0 spiro atoms. The largest absolute Gasteiger partial charge is 0.341 e. The van der Waals surface area contributed by atoms with Gasteiger partial charge in [0.25, 0.3) is 0 Å². The highest BCUT2D eigenvalue weighted by molar-refractivity contribution is 7.91. The van der Waals surface area contributed by atoms with E-state index in [0.717, 1.165) is 28.3 Å². The van der Waals surface area contributed by atoms with E-state index in [4.69, 9.17) is 0 Å². The highest BCUT2D eigenvalue weighted by Gasteiger charge is 2.18. The Morgan fingerprint density at radius 3 is 2.56 bits per heavy atom. The smallest absolute Gasteiger partial charge is 0.223 e. The molecule has 1 aromatic heterocycles. The van der Waals surface area contributed by atoms with Crippen LogP contribution >= 0.6 is 11.7 Å². The molecule has 0 aliphatic heterocycles. The first kappa shape index (κ1) is 17.5. The number of benzene rings is 2. The Kier molecular flexibility index (Phi) is 5.10. The number of sulfone groups is 1. The van der Waals surface area contributed by atoms with Crippen LogP contribution in [0.25, 0.3) is 11.0 Å². The van der Waals surface area contributed by atoms with Crippen molar-refractivity contribution in [3.8, 4) is 0 Å². The molecule has 130 valence electrons. The van der Waals surface area contributed by atoms with E-state index in [1.165, 1.54) is 4.90 Å². The fourth-order valence-electron chi connectivity index (χ4n) is 2.45. The van der Waals surface area contributed by atoms with Crippen molar-refractivity contribution >= 4 is 38.5 Å². The van der Waals surface area contributed by atoms with Gasteiger partial charge in [-0.15, -0.1) is 0 Å². The van der Waals surface area contributed by atoms with Crippen LogP contribution < -0.4 is 0 Å². The Hall–Kier alpha value is -2.32. The van der Waals surface area contributed by atoms with Crippen molar-refractivity contribution < 1.29 is 13.2 Å². The van der Waals surface area contributed by atoms with Crippen molar-refractivity contribution in [2.24, 2.45) is 0 Å². The van der Waals surface area contributed by atoms with Crippen molar-refractivity contribution in [3.05, 3.63) is 54.1 Å². The number of carbonyl (C=O) groups excluding carboxylic acids is 1. The van der Waals surface area contributed by atoms with Crippen LogP contribution in [0.3, 0.4) is 0 Å². The molecule has 2 aromatic carbocycles. The van der Waals surface area contributed by atoms with Gasteiger partial charge in [-0.3, -0.25) is 4.79 Å². The number of hydrogen-bond acceptors (Lipinski definition) is 6. The molecular formula is C17H17N3O3S2. The molecule has 0 saturated heterocycles. The molecule has 3 rings (SSSR count). The molecule has 25 heavy (non-hydrogen) atoms. The summed E-state index contributed by atoms with van der Waals surface area (Å²) in [5.74, 6) is -0.411. The van der Waals surface area contributed by atoms with E-state index in [2.05, 4.69) is 8.75 Å². The Bertz CT molecular complexity index is 985. The predicted octanol–water partition coefficient (Wildman–Crippen LogP) is 2.51. The standard InChI is InChI=1S/C17H17N3O3S2/c1-20(12-13-7-8-15-16(11-13)19-24-18-15)17(21)9-10-25(22,23)14-5-3-2-4-6-14/h2-8,11H,9-10,12H2,1H3. The van der Waals surface area contributed by atoms with E-state index in [1.54, 1.807) is 37.4 Å². The second kappa shape index (κ2) is 7.28. The lowest BCUT2D eigenvalue weighted by atomic mass is 10.2. The van der Waals surface area contributed by atoms with Crippen molar-refractivity contribution in [1.29, 1.82) is 0 Å². The minimum Gasteiger partial charge on any atom is -0.341 e. The summed E-state index contributed by atoms with van der Waals surface area (Å²) in [4.78, 5) is 14.0. The van der Waals surface area contributed by atoms with Gasteiger partial charge in [0.1, 0.15) is 11.0 Å². The minimum atomic E-state index is -3.45. The van der Waals surface area contributed by atoms with Crippen LogP contribution in [0.4, 0.5) is 0 Å². The summed E-state index contributed by atoms with van der Waals surface area (Å²) in [7, 11) is -1.78. The Morgan fingerprint density at radius 2 is 1.80 bits per heavy atom. The minimum absolute atomic E-state index is 0.0474. The maximum absolute atomic E-state index is 12.3.